The molecule has 7 heteroatoms. The molecule has 0 radical (unpaired) electrons. The molecule has 0 saturated carbocycles. The van der Waals surface area contributed by atoms with Gasteiger partial charge in [-0.25, -0.2) is 0 Å². The molecule has 1 aromatic heterocycles. The molecule has 0 bridgehead atoms. The van der Waals surface area contributed by atoms with Gasteiger partial charge >= 0.3 is 0 Å². The van der Waals surface area contributed by atoms with Crippen LogP contribution in [-0.2, 0) is 4.79 Å². The maximum Gasteiger partial charge on any atom is 0.252 e. The highest BCUT2D eigenvalue weighted by molar-refractivity contribution is 6.04. The van der Waals surface area contributed by atoms with Crippen LogP contribution in [0.4, 0.5) is 5.69 Å². The molecular formula is C17H17N3O4. The summed E-state index contributed by atoms with van der Waals surface area (Å²) in [4.78, 5) is 40.1. The van der Waals surface area contributed by atoms with Gasteiger partial charge in [-0.2, -0.15) is 0 Å². The third-order valence-electron chi connectivity index (χ3n) is 3.92. The third kappa shape index (κ3) is 3.01. The van der Waals surface area contributed by atoms with Crippen molar-refractivity contribution < 1.29 is 14.3 Å². The fourth-order valence-corrected chi connectivity index (χ4v) is 2.73. The second kappa shape index (κ2) is 6.57. The number of carbonyl (C=O) groups excluding carboxylic acids is 2. The first kappa shape index (κ1) is 15.8. The number of carbonyl (C=O) groups is 2. The quantitative estimate of drug-likeness (QED) is 0.873. The van der Waals surface area contributed by atoms with Gasteiger partial charge in [0, 0.05) is 24.4 Å². The summed E-state index contributed by atoms with van der Waals surface area (Å²) in [7, 11) is 1.55. The maximum atomic E-state index is 12.6. The van der Waals surface area contributed by atoms with Crippen molar-refractivity contribution in [2.75, 3.05) is 18.6 Å². The zero-order valence-electron chi connectivity index (χ0n) is 13.1. The number of hydrogen-bond donors (Lipinski definition) is 2. The normalized spacial score (nSPS) is 17.0. The number of hydrogen-bond acceptors (Lipinski definition) is 4. The molecule has 0 spiro atoms. The van der Waals surface area contributed by atoms with Crippen LogP contribution in [0.2, 0.25) is 0 Å². The molecule has 1 aliphatic heterocycles. The fourth-order valence-electron chi connectivity index (χ4n) is 2.73. The molecule has 124 valence electrons. The Morgan fingerprint density at radius 3 is 2.83 bits per heavy atom. The third-order valence-corrected chi connectivity index (χ3v) is 3.92. The predicted octanol–water partition coefficient (Wildman–Crippen LogP) is 0.919. The molecule has 0 unspecified atom stereocenters. The van der Waals surface area contributed by atoms with Crippen molar-refractivity contribution in [2.24, 2.45) is 0 Å². The molecule has 1 aliphatic rings. The summed E-state index contributed by atoms with van der Waals surface area (Å²) in [6.07, 6.45) is 1.89. The van der Waals surface area contributed by atoms with Crippen LogP contribution in [0.25, 0.3) is 0 Å². The van der Waals surface area contributed by atoms with Crippen molar-refractivity contribution in [1.29, 1.82) is 0 Å². The average Bonchev–Trinajstić information content (AvgIpc) is 2.95. The second-order valence-corrected chi connectivity index (χ2v) is 5.42. The summed E-state index contributed by atoms with van der Waals surface area (Å²) >= 11 is 0. The first-order valence-electron chi connectivity index (χ1n) is 7.54. The molecule has 3 rings (SSSR count). The minimum absolute atomic E-state index is 0.197. The topological polar surface area (TPSA) is 91.5 Å². The number of anilines is 1. The van der Waals surface area contributed by atoms with Crippen LogP contribution >= 0.6 is 0 Å². The highest BCUT2D eigenvalue weighted by atomic mass is 16.5. The SMILES string of the molecule is COc1ccccc1N1CC[C@H](NC(=O)c2cc[nH]c(=O)c2)C1=O. The van der Waals surface area contributed by atoms with Gasteiger partial charge in [-0.1, -0.05) is 12.1 Å². The Labute approximate surface area is 138 Å². The highest BCUT2D eigenvalue weighted by Gasteiger charge is 2.34. The van der Waals surface area contributed by atoms with Crippen molar-refractivity contribution in [3.8, 4) is 5.75 Å². The van der Waals surface area contributed by atoms with Gasteiger partial charge in [0.2, 0.25) is 11.5 Å². The number of nitrogens with zero attached hydrogens (tertiary/aromatic N) is 1. The lowest BCUT2D eigenvalue weighted by Crippen LogP contribution is -2.41. The van der Waals surface area contributed by atoms with Crippen molar-refractivity contribution in [1.82, 2.24) is 10.3 Å². The van der Waals surface area contributed by atoms with E-state index in [1.807, 2.05) is 12.1 Å². The predicted molar refractivity (Wildman–Crippen MR) is 88.3 cm³/mol. The summed E-state index contributed by atoms with van der Waals surface area (Å²) in [6.45, 7) is 0.486. The molecule has 1 atom stereocenters. The molecule has 24 heavy (non-hydrogen) atoms. The number of nitrogens with one attached hydrogen (secondary N) is 2. The minimum Gasteiger partial charge on any atom is -0.495 e. The van der Waals surface area contributed by atoms with E-state index in [-0.39, 0.29) is 17.0 Å². The number of amides is 2. The van der Waals surface area contributed by atoms with Crippen molar-refractivity contribution in [3.05, 3.63) is 58.5 Å². The molecule has 2 N–H and O–H groups in total. The number of pyridine rings is 1. The molecule has 0 aliphatic carbocycles. The second-order valence-electron chi connectivity index (χ2n) is 5.42. The smallest absolute Gasteiger partial charge is 0.252 e. The lowest BCUT2D eigenvalue weighted by Gasteiger charge is -2.19. The lowest BCUT2D eigenvalue weighted by molar-refractivity contribution is -0.118. The van der Waals surface area contributed by atoms with Gasteiger partial charge < -0.3 is 19.9 Å². The Morgan fingerprint density at radius 1 is 1.29 bits per heavy atom. The van der Waals surface area contributed by atoms with E-state index in [1.165, 1.54) is 18.3 Å². The van der Waals surface area contributed by atoms with Crippen LogP contribution < -0.4 is 20.5 Å². The summed E-state index contributed by atoms with van der Waals surface area (Å²) in [5.74, 6) is -0.0357. The Bertz CT molecular complexity index is 830. The molecule has 1 saturated heterocycles. The van der Waals surface area contributed by atoms with E-state index < -0.39 is 11.9 Å². The van der Waals surface area contributed by atoms with Crippen LogP contribution in [0.5, 0.6) is 5.75 Å². The van der Waals surface area contributed by atoms with E-state index >= 15 is 0 Å². The van der Waals surface area contributed by atoms with Crippen molar-refractivity contribution >= 4 is 17.5 Å². The Balaban J connectivity index is 1.75. The number of aromatic amines is 1. The van der Waals surface area contributed by atoms with Gasteiger partial charge in [0.05, 0.1) is 12.8 Å². The summed E-state index contributed by atoms with van der Waals surface area (Å²) in [5.41, 5.74) is 0.538. The van der Waals surface area contributed by atoms with Crippen LogP contribution in [0, 0.1) is 0 Å². The molecule has 1 aromatic carbocycles. The number of rotatable bonds is 4. The number of ether oxygens (including phenoxy) is 1. The molecule has 7 nitrogen and oxygen atoms in total. The van der Waals surface area contributed by atoms with Gasteiger partial charge in [-0.05, 0) is 24.6 Å². The zero-order valence-corrected chi connectivity index (χ0v) is 13.1. The van der Waals surface area contributed by atoms with Crippen LogP contribution in [-0.4, -0.2) is 36.5 Å². The van der Waals surface area contributed by atoms with E-state index in [4.69, 9.17) is 4.74 Å². The van der Waals surface area contributed by atoms with Crippen molar-refractivity contribution in [3.63, 3.8) is 0 Å². The monoisotopic (exact) mass is 327 g/mol. The Hall–Kier alpha value is -3.09. The lowest BCUT2D eigenvalue weighted by atomic mass is 10.2. The van der Waals surface area contributed by atoms with E-state index in [0.717, 1.165) is 0 Å². The Morgan fingerprint density at radius 2 is 2.08 bits per heavy atom. The Kier molecular flexibility index (Phi) is 4.33. The molecule has 2 amide bonds. The van der Waals surface area contributed by atoms with Gasteiger partial charge in [0.25, 0.3) is 5.91 Å². The number of methoxy groups -OCH3 is 1. The first-order valence-corrected chi connectivity index (χ1v) is 7.54. The summed E-state index contributed by atoms with van der Waals surface area (Å²) < 4.78 is 5.29. The maximum absolute atomic E-state index is 12.6. The van der Waals surface area contributed by atoms with Crippen LogP contribution in [0.3, 0.4) is 0 Å². The highest BCUT2D eigenvalue weighted by Crippen LogP contribution is 2.31. The minimum atomic E-state index is -0.623. The standard InChI is InChI=1S/C17H17N3O4/c1-24-14-5-3-2-4-13(14)20-9-7-12(17(20)23)19-16(22)11-6-8-18-15(21)10-11/h2-6,8,10,12H,7,9H2,1H3,(H,18,21)(H,19,22)/t12-/m0/s1. The molecular weight excluding hydrogens is 310 g/mol. The number of para-hydroxylation sites is 2. The van der Waals surface area contributed by atoms with Gasteiger partial charge in [-0.15, -0.1) is 0 Å². The van der Waals surface area contributed by atoms with Crippen LogP contribution in [0.1, 0.15) is 16.8 Å². The van der Waals surface area contributed by atoms with Crippen molar-refractivity contribution in [2.45, 2.75) is 12.5 Å². The van der Waals surface area contributed by atoms with E-state index in [9.17, 15) is 14.4 Å². The summed E-state index contributed by atoms with van der Waals surface area (Å²) in [6, 6.07) is 9.31. The zero-order chi connectivity index (χ0) is 17.1. The van der Waals surface area contributed by atoms with Gasteiger partial charge in [-0.3, -0.25) is 14.4 Å². The number of aromatic nitrogens is 1. The molecule has 2 heterocycles. The number of benzene rings is 1. The first-order chi connectivity index (χ1) is 11.6. The van der Waals surface area contributed by atoms with Gasteiger partial charge in [0.1, 0.15) is 11.8 Å². The van der Waals surface area contributed by atoms with E-state index in [1.54, 1.807) is 24.1 Å². The fraction of sp³-hybridized carbons (Fsp3) is 0.235. The van der Waals surface area contributed by atoms with Crippen LogP contribution in [0.15, 0.2) is 47.4 Å². The number of H-pyrrole nitrogens is 1. The molecule has 2 aromatic rings. The van der Waals surface area contributed by atoms with Gasteiger partial charge in [0.15, 0.2) is 0 Å². The molecule has 1 fully saturated rings. The van der Waals surface area contributed by atoms with E-state index in [0.29, 0.717) is 24.4 Å². The van der Waals surface area contributed by atoms with E-state index in [2.05, 4.69) is 10.3 Å². The average molecular weight is 327 g/mol. The summed E-state index contributed by atoms with van der Waals surface area (Å²) in [5, 5.41) is 2.69. The largest absolute Gasteiger partial charge is 0.495 e.